The number of hydrogen-bond donors (Lipinski definition) is 6. The summed E-state index contributed by atoms with van der Waals surface area (Å²) in [6.45, 7) is 3.10. The molecular weight excluding hydrogens is 803 g/mol. The van der Waals surface area contributed by atoms with Gasteiger partial charge in [0.25, 0.3) is 0 Å². The molecule has 0 spiro atoms. The molecule has 61 heavy (non-hydrogen) atoms. The summed E-state index contributed by atoms with van der Waals surface area (Å²) in [6.07, 6.45) is 32.5. The van der Waals surface area contributed by atoms with Crippen molar-refractivity contribution in [1.29, 1.82) is 0 Å². The Bertz CT molecular complexity index is 1340. The van der Waals surface area contributed by atoms with Crippen molar-refractivity contribution in [2.75, 3.05) is 13.2 Å². The van der Waals surface area contributed by atoms with E-state index in [2.05, 4.69) is 74.6 Å². The Labute approximate surface area is 365 Å². The van der Waals surface area contributed by atoms with Crippen LogP contribution in [0.1, 0.15) is 155 Å². The lowest BCUT2D eigenvalue weighted by molar-refractivity contribution is -0.220. The summed E-state index contributed by atoms with van der Waals surface area (Å²) in [5.41, 5.74) is 0. The fourth-order valence-electron chi connectivity index (χ4n) is 6.37. The third-order valence-corrected chi connectivity index (χ3v) is 11.0. The van der Waals surface area contributed by atoms with Crippen LogP contribution in [-0.2, 0) is 32.7 Å². The molecule has 0 aromatic heterocycles. The fourth-order valence-corrected chi connectivity index (χ4v) is 7.35. The van der Waals surface area contributed by atoms with Crippen LogP contribution in [-0.4, -0.2) is 98.3 Å². The quantitative estimate of drug-likeness (QED) is 0.0151. The van der Waals surface area contributed by atoms with Crippen molar-refractivity contribution in [2.45, 2.75) is 198 Å². The number of allylic oxidation sites excluding steroid dienone is 12. The lowest BCUT2D eigenvalue weighted by atomic mass is 9.85. The van der Waals surface area contributed by atoms with Crippen molar-refractivity contribution in [3.8, 4) is 0 Å². The van der Waals surface area contributed by atoms with E-state index in [1.165, 1.54) is 51.4 Å². The molecular formula is C47H79O13P. The zero-order chi connectivity index (χ0) is 45.0. The Kier molecular flexibility index (Phi) is 33.9. The van der Waals surface area contributed by atoms with Crippen LogP contribution in [0.15, 0.2) is 72.9 Å². The van der Waals surface area contributed by atoms with E-state index in [0.717, 1.165) is 57.8 Å². The van der Waals surface area contributed by atoms with Gasteiger partial charge in [0.05, 0.1) is 6.61 Å². The topological polar surface area (TPSA) is 210 Å². The van der Waals surface area contributed by atoms with Crippen LogP contribution in [0.5, 0.6) is 0 Å². The van der Waals surface area contributed by atoms with Gasteiger partial charge in [0, 0.05) is 12.8 Å². The zero-order valence-corrected chi connectivity index (χ0v) is 37.8. The normalized spacial score (nSPS) is 22.7. The van der Waals surface area contributed by atoms with Crippen molar-refractivity contribution in [3.63, 3.8) is 0 Å². The Hall–Kier alpha value is -2.71. The van der Waals surface area contributed by atoms with Gasteiger partial charge in [-0.1, -0.05) is 138 Å². The molecule has 0 saturated heterocycles. The van der Waals surface area contributed by atoms with Crippen molar-refractivity contribution in [1.82, 2.24) is 0 Å². The molecule has 6 N–H and O–H groups in total. The van der Waals surface area contributed by atoms with Gasteiger partial charge in [0.1, 0.15) is 43.2 Å². The van der Waals surface area contributed by atoms with Crippen LogP contribution in [0.4, 0.5) is 0 Å². The molecule has 1 rings (SSSR count). The summed E-state index contributed by atoms with van der Waals surface area (Å²) in [4.78, 5) is 35.6. The Morgan fingerprint density at radius 3 is 1.49 bits per heavy atom. The monoisotopic (exact) mass is 883 g/mol. The zero-order valence-electron chi connectivity index (χ0n) is 36.9. The second kappa shape index (κ2) is 36.7. The molecule has 13 nitrogen and oxygen atoms in total. The smallest absolute Gasteiger partial charge is 0.462 e. The van der Waals surface area contributed by atoms with E-state index in [-0.39, 0.29) is 12.8 Å². The predicted molar refractivity (Wildman–Crippen MR) is 239 cm³/mol. The van der Waals surface area contributed by atoms with Gasteiger partial charge in [-0.25, -0.2) is 4.57 Å². The molecule has 1 aliphatic carbocycles. The number of carbonyl (C=O) groups is 2. The van der Waals surface area contributed by atoms with Gasteiger partial charge in [-0.05, 0) is 77.0 Å². The standard InChI is InChI=1S/C47H79O13P/c1-3-5-7-9-11-13-15-17-19-20-22-23-25-27-29-31-33-35-40(48)57-37-39(38-58-61(55,56)60-47-45(53)43(51)42(50)44(52)46(47)54)59-41(49)36-34-32-30-28-26-24-21-18-16-14-12-10-8-6-4-2/h5,7,11,13,17,19,22-23,26-29,39,42-47,50-54H,3-4,6,8-10,12,14-16,18,20-21,24-25,30-38H2,1-2H3,(H,55,56)/b7-5+,13-11+,19-17+,23-22+,28-26+,29-27+/t39-,42?,43-,44?,45?,46?,47?/m0/s1. The summed E-state index contributed by atoms with van der Waals surface area (Å²) >= 11 is 0. The summed E-state index contributed by atoms with van der Waals surface area (Å²) < 4.78 is 33.4. The lowest BCUT2D eigenvalue weighted by Crippen LogP contribution is -2.64. The number of unbranched alkanes of at least 4 members (excludes halogenated alkanes) is 12. The van der Waals surface area contributed by atoms with E-state index in [1.807, 2.05) is 12.2 Å². The third-order valence-electron chi connectivity index (χ3n) is 10.0. The molecule has 0 aromatic rings. The van der Waals surface area contributed by atoms with Crippen LogP contribution in [0.3, 0.4) is 0 Å². The van der Waals surface area contributed by atoms with Crippen LogP contribution < -0.4 is 0 Å². The van der Waals surface area contributed by atoms with Gasteiger partial charge in [-0.3, -0.25) is 18.6 Å². The van der Waals surface area contributed by atoms with Gasteiger partial charge in [-0.15, -0.1) is 0 Å². The Morgan fingerprint density at radius 1 is 0.525 bits per heavy atom. The third kappa shape index (κ3) is 29.3. The number of hydrogen-bond acceptors (Lipinski definition) is 12. The summed E-state index contributed by atoms with van der Waals surface area (Å²) in [6, 6.07) is 0. The van der Waals surface area contributed by atoms with Crippen molar-refractivity contribution < 1.29 is 63.1 Å². The van der Waals surface area contributed by atoms with Gasteiger partial charge in [0.2, 0.25) is 0 Å². The summed E-state index contributed by atoms with van der Waals surface area (Å²) in [5, 5.41) is 50.1. The number of esters is 2. The average molecular weight is 883 g/mol. The highest BCUT2D eigenvalue weighted by atomic mass is 31.2. The summed E-state index contributed by atoms with van der Waals surface area (Å²) in [7, 11) is -5.14. The molecule has 0 aromatic carbocycles. The van der Waals surface area contributed by atoms with Gasteiger partial charge >= 0.3 is 19.8 Å². The minimum atomic E-state index is -5.14. The molecule has 0 heterocycles. The first-order valence-corrected chi connectivity index (χ1v) is 24.2. The highest BCUT2D eigenvalue weighted by molar-refractivity contribution is 7.47. The number of carbonyl (C=O) groups excluding carboxylic acids is 2. The molecule has 8 atom stereocenters. The van der Waals surface area contributed by atoms with Gasteiger partial charge in [0.15, 0.2) is 6.10 Å². The van der Waals surface area contributed by atoms with E-state index >= 15 is 0 Å². The molecule has 0 aliphatic heterocycles. The number of aliphatic hydroxyl groups is 5. The van der Waals surface area contributed by atoms with Crippen LogP contribution in [0.25, 0.3) is 0 Å². The highest BCUT2D eigenvalue weighted by Crippen LogP contribution is 2.47. The molecule has 14 heteroatoms. The fraction of sp³-hybridized carbons (Fsp3) is 0.702. The second-order valence-corrected chi connectivity index (χ2v) is 16.9. The largest absolute Gasteiger partial charge is 0.472 e. The van der Waals surface area contributed by atoms with Crippen molar-refractivity contribution in [2.24, 2.45) is 0 Å². The Morgan fingerprint density at radius 2 is 0.951 bits per heavy atom. The van der Waals surface area contributed by atoms with Crippen molar-refractivity contribution in [3.05, 3.63) is 72.9 Å². The van der Waals surface area contributed by atoms with E-state index in [4.69, 9.17) is 18.5 Å². The SMILES string of the molecule is CC/C=C/C/C=C/C/C=C/C/C=C/C/C=C/CCCC(=O)OC[C@@H](COP(=O)(O)OC1C(O)C(O)C(O)[C@H](O)C1O)OC(=O)CCCC/C=C/CCCCCCCCCCC. The number of rotatable bonds is 36. The second-order valence-electron chi connectivity index (χ2n) is 15.5. The number of ether oxygens (including phenoxy) is 2. The average Bonchev–Trinajstić information content (AvgIpc) is 3.24. The van der Waals surface area contributed by atoms with Crippen molar-refractivity contribution >= 4 is 19.8 Å². The number of phosphoric acid groups is 1. The predicted octanol–water partition coefficient (Wildman–Crippen LogP) is 8.72. The highest BCUT2D eigenvalue weighted by Gasteiger charge is 2.51. The van der Waals surface area contributed by atoms with E-state index in [9.17, 15) is 44.6 Å². The molecule has 0 radical (unpaired) electrons. The lowest BCUT2D eigenvalue weighted by Gasteiger charge is -2.41. The first-order chi connectivity index (χ1) is 29.4. The first-order valence-electron chi connectivity index (χ1n) is 22.7. The van der Waals surface area contributed by atoms with E-state index in [1.54, 1.807) is 0 Å². The van der Waals surface area contributed by atoms with E-state index < -0.39 is 75.7 Å². The molecule has 6 unspecified atom stereocenters. The minimum Gasteiger partial charge on any atom is -0.462 e. The maximum absolute atomic E-state index is 12.8. The first kappa shape index (κ1) is 56.3. The minimum absolute atomic E-state index is 0.0512. The summed E-state index contributed by atoms with van der Waals surface area (Å²) in [5.74, 6) is -1.20. The van der Waals surface area contributed by atoms with Gasteiger partial charge in [-0.2, -0.15) is 0 Å². The maximum Gasteiger partial charge on any atom is 0.472 e. The van der Waals surface area contributed by atoms with Crippen LogP contribution in [0, 0.1) is 0 Å². The molecule has 0 amide bonds. The molecule has 0 bridgehead atoms. The van der Waals surface area contributed by atoms with E-state index in [0.29, 0.717) is 19.3 Å². The van der Waals surface area contributed by atoms with Crippen LogP contribution in [0.2, 0.25) is 0 Å². The molecule has 1 fully saturated rings. The Balaban J connectivity index is 2.53. The number of aliphatic hydroxyl groups excluding tert-OH is 5. The maximum atomic E-state index is 12.8. The molecule has 1 saturated carbocycles. The number of phosphoric ester groups is 1. The van der Waals surface area contributed by atoms with Crippen LogP contribution >= 0.6 is 7.82 Å². The van der Waals surface area contributed by atoms with Gasteiger partial charge < -0.3 is 39.9 Å². The molecule has 1 aliphatic rings. The molecule has 350 valence electrons.